The first-order valence-corrected chi connectivity index (χ1v) is 15.6. The number of carbonyl (C=O) groups excluding carboxylic acids is 1. The Morgan fingerprint density at radius 1 is 0.957 bits per heavy atom. The minimum atomic E-state index is -4.94. The molecule has 0 saturated heterocycles. The van der Waals surface area contributed by atoms with Crippen molar-refractivity contribution in [1.82, 2.24) is 9.29 Å². The molecule has 0 saturated carbocycles. The van der Waals surface area contributed by atoms with Gasteiger partial charge in [-0.3, -0.25) is 4.79 Å². The molecule has 1 aliphatic heterocycles. The van der Waals surface area contributed by atoms with Crippen LogP contribution in [0.25, 0.3) is 0 Å². The molecule has 1 amide bonds. The Morgan fingerprint density at radius 3 is 2.30 bits per heavy atom. The Morgan fingerprint density at radius 2 is 1.66 bits per heavy atom. The number of halogens is 9. The standard InChI is InChI=1S/C30H20Cl2F7N3O4S/c31-23-9-4-17-15-42(11-10-21(17)27(23)41-25(43)12-16-2-1-3-22(26(16)33)30(37,38)39)47(44,45)20-7-5-19(6-8-20)46-28-24(32)13-18(14-40-28)29(34,35)36/h1-9,13-14H,10-12,15H2,(H,41,43). The minimum absolute atomic E-state index is 0.0376. The highest BCUT2D eigenvalue weighted by Crippen LogP contribution is 2.37. The van der Waals surface area contributed by atoms with E-state index >= 15 is 0 Å². The highest BCUT2D eigenvalue weighted by atomic mass is 35.5. The van der Waals surface area contributed by atoms with Crippen molar-refractivity contribution in [3.63, 3.8) is 0 Å². The molecule has 17 heteroatoms. The number of aromatic nitrogens is 1. The second-order valence-electron chi connectivity index (χ2n) is 10.2. The van der Waals surface area contributed by atoms with Gasteiger partial charge in [0.05, 0.1) is 33.2 Å². The predicted molar refractivity (Wildman–Crippen MR) is 157 cm³/mol. The van der Waals surface area contributed by atoms with Gasteiger partial charge in [-0.15, -0.1) is 0 Å². The van der Waals surface area contributed by atoms with Crippen molar-refractivity contribution in [1.29, 1.82) is 0 Å². The number of amides is 1. The molecule has 0 atom stereocenters. The van der Waals surface area contributed by atoms with Crippen molar-refractivity contribution in [2.24, 2.45) is 0 Å². The molecule has 5 rings (SSSR count). The van der Waals surface area contributed by atoms with Crippen molar-refractivity contribution in [3.8, 4) is 11.6 Å². The molecule has 4 aromatic rings. The zero-order valence-electron chi connectivity index (χ0n) is 23.5. The summed E-state index contributed by atoms with van der Waals surface area (Å²) in [5, 5.41) is 2.22. The molecule has 0 radical (unpaired) electrons. The third-order valence-corrected chi connectivity index (χ3v) is 9.57. The Balaban J connectivity index is 1.29. The van der Waals surface area contributed by atoms with Gasteiger partial charge in [0.2, 0.25) is 21.8 Å². The van der Waals surface area contributed by atoms with Crippen LogP contribution in [0.1, 0.15) is 27.8 Å². The van der Waals surface area contributed by atoms with Gasteiger partial charge in [0.15, 0.2) is 0 Å². The Bertz CT molecular complexity index is 1960. The summed E-state index contributed by atoms with van der Waals surface area (Å²) in [6.07, 6.45) is -9.66. The van der Waals surface area contributed by atoms with Gasteiger partial charge in [0, 0.05) is 19.3 Å². The molecule has 248 valence electrons. The van der Waals surface area contributed by atoms with E-state index in [0.29, 0.717) is 29.5 Å². The largest absolute Gasteiger partial charge is 0.438 e. The maximum absolute atomic E-state index is 14.5. The molecule has 1 aliphatic rings. The lowest BCUT2D eigenvalue weighted by Gasteiger charge is -2.30. The minimum Gasteiger partial charge on any atom is -0.438 e. The number of fused-ring (bicyclic) bond motifs is 1. The summed E-state index contributed by atoms with van der Waals surface area (Å²) < 4.78 is 126. The molecular formula is C30H20Cl2F7N3O4S. The average molecular weight is 722 g/mol. The van der Waals surface area contributed by atoms with E-state index in [9.17, 15) is 43.9 Å². The number of pyridine rings is 1. The van der Waals surface area contributed by atoms with Gasteiger partial charge in [-0.05, 0) is 65.6 Å². The lowest BCUT2D eigenvalue weighted by molar-refractivity contribution is -0.140. The summed E-state index contributed by atoms with van der Waals surface area (Å²) >= 11 is 12.2. The highest BCUT2D eigenvalue weighted by molar-refractivity contribution is 7.89. The summed E-state index contributed by atoms with van der Waals surface area (Å²) in [4.78, 5) is 16.2. The molecule has 0 unspecified atom stereocenters. The van der Waals surface area contributed by atoms with Crippen molar-refractivity contribution in [2.45, 2.75) is 36.6 Å². The SMILES string of the molecule is O=C(Cc1cccc(C(F)(F)F)c1F)Nc1c(Cl)ccc2c1CCN(S(=O)(=O)c1ccc(Oc3ncc(C(F)(F)F)cc3Cl)cc1)C2. The fraction of sp³-hybridized carbons (Fsp3) is 0.200. The van der Waals surface area contributed by atoms with Gasteiger partial charge in [-0.2, -0.15) is 30.6 Å². The smallest absolute Gasteiger partial charge is 0.419 e. The fourth-order valence-corrected chi connectivity index (χ4v) is 6.68. The molecule has 2 heterocycles. The first kappa shape index (κ1) is 34.4. The van der Waals surface area contributed by atoms with E-state index in [0.717, 1.165) is 12.1 Å². The van der Waals surface area contributed by atoms with E-state index in [2.05, 4.69) is 10.3 Å². The maximum atomic E-state index is 14.5. The number of nitrogens with zero attached hydrogens (tertiary/aromatic N) is 2. The first-order valence-electron chi connectivity index (χ1n) is 13.4. The van der Waals surface area contributed by atoms with Crippen LogP contribution in [0.4, 0.5) is 36.4 Å². The zero-order valence-corrected chi connectivity index (χ0v) is 25.8. The van der Waals surface area contributed by atoms with Crippen LogP contribution >= 0.6 is 23.2 Å². The normalized spacial score (nSPS) is 14.1. The summed E-state index contributed by atoms with van der Waals surface area (Å²) in [5.74, 6) is -2.65. The predicted octanol–water partition coefficient (Wildman–Crippen LogP) is 8.29. The van der Waals surface area contributed by atoms with Crippen molar-refractivity contribution < 1.29 is 48.7 Å². The fourth-order valence-electron chi connectivity index (χ4n) is 4.83. The quantitative estimate of drug-likeness (QED) is 0.194. The van der Waals surface area contributed by atoms with Gasteiger partial charge < -0.3 is 10.1 Å². The second-order valence-corrected chi connectivity index (χ2v) is 13.0. The van der Waals surface area contributed by atoms with Crippen LogP contribution in [0.5, 0.6) is 11.6 Å². The molecular weight excluding hydrogens is 702 g/mol. The van der Waals surface area contributed by atoms with Crippen molar-refractivity contribution >= 4 is 44.8 Å². The van der Waals surface area contributed by atoms with E-state index in [4.69, 9.17) is 27.9 Å². The number of nitrogens with one attached hydrogen (secondary N) is 1. The maximum Gasteiger partial charge on any atom is 0.419 e. The third-order valence-electron chi connectivity index (χ3n) is 7.13. The first-order chi connectivity index (χ1) is 21.9. The molecule has 3 aromatic carbocycles. The number of anilines is 1. The summed E-state index contributed by atoms with van der Waals surface area (Å²) in [6, 6.07) is 11.3. The molecule has 1 N–H and O–H groups in total. The summed E-state index contributed by atoms with van der Waals surface area (Å²) in [5.41, 5.74) is -1.90. The number of rotatable bonds is 7. The van der Waals surface area contributed by atoms with Gasteiger partial charge in [-0.1, -0.05) is 41.4 Å². The average Bonchev–Trinajstić information content (AvgIpc) is 2.99. The molecule has 1 aromatic heterocycles. The molecule has 0 bridgehead atoms. The second kappa shape index (κ2) is 12.9. The number of sulfonamides is 1. The van der Waals surface area contributed by atoms with Crippen LogP contribution in [0.2, 0.25) is 10.0 Å². The lowest BCUT2D eigenvalue weighted by atomic mass is 9.98. The van der Waals surface area contributed by atoms with Crippen LogP contribution in [0.15, 0.2) is 71.8 Å². The molecule has 7 nitrogen and oxygen atoms in total. The van der Waals surface area contributed by atoms with Gasteiger partial charge in [0.1, 0.15) is 16.6 Å². The van der Waals surface area contributed by atoms with E-state index < -0.39 is 62.2 Å². The van der Waals surface area contributed by atoms with Gasteiger partial charge in [-0.25, -0.2) is 17.8 Å². The number of carbonyl (C=O) groups is 1. The number of benzene rings is 3. The van der Waals surface area contributed by atoms with Crippen LogP contribution in [0, 0.1) is 5.82 Å². The van der Waals surface area contributed by atoms with Crippen molar-refractivity contribution in [2.75, 3.05) is 11.9 Å². The highest BCUT2D eigenvalue weighted by Gasteiger charge is 2.35. The van der Waals surface area contributed by atoms with Crippen LogP contribution in [-0.2, 0) is 46.6 Å². The lowest BCUT2D eigenvalue weighted by Crippen LogP contribution is -2.36. The Hall–Kier alpha value is -3.92. The van der Waals surface area contributed by atoms with Crippen LogP contribution in [-0.4, -0.2) is 30.2 Å². The molecule has 47 heavy (non-hydrogen) atoms. The van der Waals surface area contributed by atoms with Crippen LogP contribution in [0.3, 0.4) is 0 Å². The number of hydrogen-bond acceptors (Lipinski definition) is 5. The summed E-state index contributed by atoms with van der Waals surface area (Å²) in [6.45, 7) is -0.159. The zero-order chi connectivity index (χ0) is 34.3. The Labute approximate surface area is 272 Å². The monoisotopic (exact) mass is 721 g/mol. The number of hydrogen-bond donors (Lipinski definition) is 1. The number of alkyl halides is 6. The Kier molecular flexibility index (Phi) is 9.48. The number of ether oxygens (including phenoxy) is 1. The van der Waals surface area contributed by atoms with Gasteiger partial charge in [0.25, 0.3) is 0 Å². The molecule has 0 aliphatic carbocycles. The van der Waals surface area contributed by atoms with E-state index in [-0.39, 0.29) is 46.7 Å². The topological polar surface area (TPSA) is 88.6 Å². The molecule has 0 fully saturated rings. The van der Waals surface area contributed by atoms with E-state index in [1.54, 1.807) is 6.07 Å². The van der Waals surface area contributed by atoms with E-state index in [1.807, 2.05) is 0 Å². The third kappa shape index (κ3) is 7.48. The molecule has 0 spiro atoms. The summed E-state index contributed by atoms with van der Waals surface area (Å²) in [7, 11) is -4.07. The van der Waals surface area contributed by atoms with E-state index in [1.165, 1.54) is 34.6 Å². The van der Waals surface area contributed by atoms with Gasteiger partial charge >= 0.3 is 12.4 Å². The van der Waals surface area contributed by atoms with Crippen LogP contribution < -0.4 is 10.1 Å². The van der Waals surface area contributed by atoms with Crippen molar-refractivity contribution in [3.05, 3.63) is 111 Å².